The molecule has 1 saturated carbocycles. The molecule has 2 N–H and O–H groups in total. The van der Waals surface area contributed by atoms with Crippen molar-refractivity contribution >= 4 is 0 Å². The molecule has 1 saturated heterocycles. The highest BCUT2D eigenvalue weighted by molar-refractivity contribution is 5.63. The number of ether oxygens (including phenoxy) is 1. The lowest BCUT2D eigenvalue weighted by Gasteiger charge is -2.63. The molecule has 24 heavy (non-hydrogen) atoms. The second-order valence-corrected chi connectivity index (χ2v) is 7.75. The van der Waals surface area contributed by atoms with Crippen molar-refractivity contribution in [2.45, 2.75) is 48.8 Å². The number of hydrogen-bond donors (Lipinski definition) is 2. The van der Waals surface area contributed by atoms with E-state index in [1.165, 1.54) is 5.56 Å². The molecule has 2 fully saturated rings. The molecule has 0 radical (unpaired) electrons. The summed E-state index contributed by atoms with van der Waals surface area (Å²) in [6, 6.07) is 3.79. The molecule has 5 rings (SSSR count). The minimum Gasteiger partial charge on any atom is -0.504 e. The van der Waals surface area contributed by atoms with Gasteiger partial charge in [0.05, 0.1) is 11.0 Å². The van der Waals surface area contributed by atoms with Gasteiger partial charge in [-0.2, -0.15) is 0 Å². The number of phenolic OH excluding ortho intramolecular Hbond substituents is 1. The molecule has 1 aromatic rings. The van der Waals surface area contributed by atoms with E-state index in [0.717, 1.165) is 43.5 Å². The number of phenols is 1. The Labute approximate surface area is 142 Å². The monoisotopic (exact) mass is 325 g/mol. The van der Waals surface area contributed by atoms with Crippen molar-refractivity contribution in [3.63, 3.8) is 0 Å². The highest BCUT2D eigenvalue weighted by Gasteiger charge is 2.71. The van der Waals surface area contributed by atoms with Gasteiger partial charge in [-0.25, -0.2) is 0 Å². The van der Waals surface area contributed by atoms with Crippen molar-refractivity contribution in [2.24, 2.45) is 0 Å². The van der Waals surface area contributed by atoms with Crippen LogP contribution in [0.15, 0.2) is 36.9 Å². The average Bonchev–Trinajstić information content (AvgIpc) is 2.91. The number of rotatable bonds is 2. The Bertz CT molecular complexity index is 772. The van der Waals surface area contributed by atoms with E-state index >= 15 is 0 Å². The number of nitrogens with zero attached hydrogens (tertiary/aromatic N) is 1. The Morgan fingerprint density at radius 3 is 3.00 bits per heavy atom. The van der Waals surface area contributed by atoms with E-state index in [1.54, 1.807) is 6.07 Å². The summed E-state index contributed by atoms with van der Waals surface area (Å²) >= 11 is 0. The molecular formula is C20H23NO3. The molecule has 0 aromatic heterocycles. The normalized spacial score (nSPS) is 39.3. The highest BCUT2D eigenvalue weighted by Crippen LogP contribution is 2.66. The van der Waals surface area contributed by atoms with E-state index in [4.69, 9.17) is 4.74 Å². The van der Waals surface area contributed by atoms with Gasteiger partial charge in [0.15, 0.2) is 11.5 Å². The van der Waals surface area contributed by atoms with Gasteiger partial charge in [0, 0.05) is 24.7 Å². The van der Waals surface area contributed by atoms with Crippen LogP contribution in [0.1, 0.15) is 30.4 Å². The lowest BCUT2D eigenvalue weighted by Crippen LogP contribution is -2.75. The molecule has 1 spiro atoms. The summed E-state index contributed by atoms with van der Waals surface area (Å²) in [5, 5.41) is 22.3. The van der Waals surface area contributed by atoms with Crippen molar-refractivity contribution in [3.05, 3.63) is 48.1 Å². The first-order valence-electron chi connectivity index (χ1n) is 8.80. The molecule has 2 heterocycles. The van der Waals surface area contributed by atoms with Crippen LogP contribution in [0.25, 0.3) is 0 Å². The number of likely N-dealkylation sites (tertiary alicyclic amines) is 1. The summed E-state index contributed by atoms with van der Waals surface area (Å²) in [5.41, 5.74) is 1.98. The van der Waals surface area contributed by atoms with E-state index in [9.17, 15) is 10.2 Å². The maximum atomic E-state index is 11.9. The van der Waals surface area contributed by atoms with E-state index in [-0.39, 0.29) is 17.9 Å². The predicted molar refractivity (Wildman–Crippen MR) is 91.4 cm³/mol. The second kappa shape index (κ2) is 4.44. The molecular weight excluding hydrogens is 302 g/mol. The van der Waals surface area contributed by atoms with Gasteiger partial charge >= 0.3 is 0 Å². The highest BCUT2D eigenvalue weighted by atomic mass is 16.5. The van der Waals surface area contributed by atoms with E-state index in [2.05, 4.69) is 18.1 Å². The zero-order valence-corrected chi connectivity index (χ0v) is 13.8. The van der Waals surface area contributed by atoms with Gasteiger partial charge in [0.2, 0.25) is 0 Å². The quantitative estimate of drug-likeness (QED) is 0.819. The SMILES string of the molecule is C=CCN1CC[C@@]23c4c5ccc(O)c4OC2C(=C)CC[C@]3(O)[C@@H]1C5. The van der Waals surface area contributed by atoms with Gasteiger partial charge in [-0.1, -0.05) is 18.7 Å². The third-order valence-corrected chi connectivity index (χ3v) is 6.89. The lowest BCUT2D eigenvalue weighted by molar-refractivity contribution is -0.171. The summed E-state index contributed by atoms with van der Waals surface area (Å²) < 4.78 is 6.23. The molecule has 2 aliphatic heterocycles. The molecule has 126 valence electrons. The Morgan fingerprint density at radius 2 is 2.21 bits per heavy atom. The minimum absolute atomic E-state index is 0.0615. The van der Waals surface area contributed by atoms with Crippen molar-refractivity contribution in [3.8, 4) is 11.5 Å². The number of piperidine rings is 1. The molecule has 4 aliphatic rings. The largest absolute Gasteiger partial charge is 0.504 e. The fourth-order valence-electron chi connectivity index (χ4n) is 5.93. The van der Waals surface area contributed by atoms with Gasteiger partial charge in [-0.3, -0.25) is 4.90 Å². The van der Waals surface area contributed by atoms with Crippen molar-refractivity contribution in [2.75, 3.05) is 13.1 Å². The first-order valence-corrected chi connectivity index (χ1v) is 8.80. The number of aromatic hydroxyl groups is 1. The molecule has 0 amide bonds. The van der Waals surface area contributed by atoms with Gasteiger partial charge < -0.3 is 14.9 Å². The molecule has 1 unspecified atom stereocenters. The fraction of sp³-hybridized carbons (Fsp3) is 0.500. The first-order chi connectivity index (χ1) is 11.5. The maximum Gasteiger partial charge on any atom is 0.166 e. The van der Waals surface area contributed by atoms with Crippen LogP contribution in [0, 0.1) is 0 Å². The summed E-state index contributed by atoms with van der Waals surface area (Å²) in [5.74, 6) is 0.759. The van der Waals surface area contributed by atoms with Crippen LogP contribution in [-0.2, 0) is 11.8 Å². The number of hydrogen-bond acceptors (Lipinski definition) is 4. The van der Waals surface area contributed by atoms with E-state index < -0.39 is 11.0 Å². The zero-order chi connectivity index (χ0) is 16.7. The van der Waals surface area contributed by atoms with Crippen LogP contribution in [0.4, 0.5) is 0 Å². The summed E-state index contributed by atoms with van der Waals surface area (Å²) in [6.07, 6.45) is 4.78. The maximum absolute atomic E-state index is 11.9. The molecule has 4 nitrogen and oxygen atoms in total. The lowest BCUT2D eigenvalue weighted by atomic mass is 9.48. The third-order valence-electron chi connectivity index (χ3n) is 6.89. The molecule has 4 atom stereocenters. The standard InChI is InChI=1S/C20H23NO3/c1-3-9-21-10-8-19-16-13-4-5-14(22)17(16)24-18(19)12(2)6-7-20(19,23)15(21)11-13/h3-5,15,18,22-23H,1-2,6-11H2/t15-,18?,19+,20-/m0/s1. The van der Waals surface area contributed by atoms with Crippen LogP contribution in [-0.4, -0.2) is 45.9 Å². The number of benzene rings is 1. The van der Waals surface area contributed by atoms with Gasteiger partial charge in [-0.05, 0) is 42.9 Å². The topological polar surface area (TPSA) is 52.9 Å². The Morgan fingerprint density at radius 1 is 1.38 bits per heavy atom. The van der Waals surface area contributed by atoms with E-state index in [1.807, 2.05) is 12.1 Å². The van der Waals surface area contributed by atoms with Crippen LogP contribution in [0.3, 0.4) is 0 Å². The Hall–Kier alpha value is -1.78. The van der Waals surface area contributed by atoms with Crippen molar-refractivity contribution in [1.29, 1.82) is 0 Å². The Balaban J connectivity index is 1.80. The minimum atomic E-state index is -0.841. The summed E-state index contributed by atoms with van der Waals surface area (Å²) in [4.78, 5) is 2.36. The van der Waals surface area contributed by atoms with Crippen LogP contribution in [0.5, 0.6) is 11.5 Å². The summed E-state index contributed by atoms with van der Waals surface area (Å²) in [7, 11) is 0. The predicted octanol–water partition coefficient (Wildman–Crippen LogP) is 2.29. The molecule has 1 aromatic carbocycles. The molecule has 2 bridgehead atoms. The van der Waals surface area contributed by atoms with Crippen molar-refractivity contribution < 1.29 is 14.9 Å². The average molecular weight is 325 g/mol. The summed E-state index contributed by atoms with van der Waals surface area (Å²) in [6.45, 7) is 9.81. The van der Waals surface area contributed by atoms with Gasteiger partial charge in [0.1, 0.15) is 6.10 Å². The van der Waals surface area contributed by atoms with Crippen molar-refractivity contribution in [1.82, 2.24) is 4.90 Å². The third kappa shape index (κ3) is 1.39. The molecule has 4 heteroatoms. The number of aliphatic hydroxyl groups is 1. The van der Waals surface area contributed by atoms with Gasteiger partial charge in [0.25, 0.3) is 0 Å². The second-order valence-electron chi connectivity index (χ2n) is 7.75. The zero-order valence-electron chi connectivity index (χ0n) is 13.8. The fourth-order valence-corrected chi connectivity index (χ4v) is 5.93. The van der Waals surface area contributed by atoms with E-state index in [0.29, 0.717) is 12.2 Å². The smallest absolute Gasteiger partial charge is 0.166 e. The van der Waals surface area contributed by atoms with Crippen LogP contribution in [0.2, 0.25) is 0 Å². The van der Waals surface area contributed by atoms with Crippen LogP contribution >= 0.6 is 0 Å². The molecule has 2 aliphatic carbocycles. The van der Waals surface area contributed by atoms with Gasteiger partial charge in [-0.15, -0.1) is 6.58 Å². The Kier molecular flexibility index (Phi) is 2.69. The first kappa shape index (κ1) is 14.6. The van der Waals surface area contributed by atoms with Crippen LogP contribution < -0.4 is 4.74 Å².